The molecule has 0 radical (unpaired) electrons. The van der Waals surface area contributed by atoms with Crippen LogP contribution in [0.15, 0.2) is 194 Å². The molecule has 0 amide bonds. The first-order valence-corrected chi connectivity index (χ1v) is 18.2. The van der Waals surface area contributed by atoms with Crippen LogP contribution in [0.5, 0.6) is 0 Å². The number of nitrogens with zero attached hydrogens (tertiary/aromatic N) is 2. The van der Waals surface area contributed by atoms with Gasteiger partial charge in [0.15, 0.2) is 0 Å². The summed E-state index contributed by atoms with van der Waals surface area (Å²) in [5.74, 6) is 0. The van der Waals surface area contributed by atoms with Gasteiger partial charge in [-0.2, -0.15) is 0 Å². The average molecular weight is 673 g/mol. The summed E-state index contributed by atoms with van der Waals surface area (Å²) >= 11 is 0. The fourth-order valence-corrected chi connectivity index (χ4v) is 8.81. The van der Waals surface area contributed by atoms with Crippen LogP contribution >= 0.6 is 0 Å². The molecule has 9 aromatic carbocycles. The van der Waals surface area contributed by atoms with Crippen LogP contribution in [0.3, 0.4) is 0 Å². The third-order valence-electron chi connectivity index (χ3n) is 11.1. The van der Waals surface area contributed by atoms with Gasteiger partial charge < -0.3 is 4.57 Å². The van der Waals surface area contributed by atoms with Crippen molar-refractivity contribution in [2.24, 2.45) is 0 Å². The third-order valence-corrected chi connectivity index (χ3v) is 11.1. The fourth-order valence-electron chi connectivity index (χ4n) is 8.81. The van der Waals surface area contributed by atoms with E-state index in [1.54, 1.807) is 0 Å². The Morgan fingerprint density at radius 3 is 1.57 bits per heavy atom. The summed E-state index contributed by atoms with van der Waals surface area (Å²) in [5.41, 5.74) is 11.0. The fraction of sp³-hybridized carbons (Fsp3) is 0. The highest BCUT2D eigenvalue weighted by atomic mass is 15.0. The Bertz CT molecular complexity index is 3160. The van der Waals surface area contributed by atoms with Gasteiger partial charge in [0, 0.05) is 28.9 Å². The minimum atomic E-state index is 1.15. The molecule has 246 valence electrons. The maximum absolute atomic E-state index is 4.54. The minimum Gasteiger partial charge on any atom is -0.309 e. The van der Waals surface area contributed by atoms with E-state index >= 15 is 0 Å². The van der Waals surface area contributed by atoms with Gasteiger partial charge >= 0.3 is 0 Å². The van der Waals surface area contributed by atoms with Gasteiger partial charge in [-0.3, -0.25) is 4.98 Å². The summed E-state index contributed by atoms with van der Waals surface area (Å²) in [6.45, 7) is 0. The molecule has 11 rings (SSSR count). The third kappa shape index (κ3) is 4.49. The monoisotopic (exact) mass is 672 g/mol. The molecule has 0 spiro atoms. The van der Waals surface area contributed by atoms with E-state index in [2.05, 4.69) is 192 Å². The molecule has 0 fully saturated rings. The molecule has 0 unspecified atom stereocenters. The molecule has 0 aliphatic heterocycles. The van der Waals surface area contributed by atoms with Crippen LogP contribution in [-0.4, -0.2) is 9.55 Å². The van der Waals surface area contributed by atoms with Crippen LogP contribution in [0.4, 0.5) is 0 Å². The van der Waals surface area contributed by atoms with Crippen molar-refractivity contribution < 1.29 is 0 Å². The average Bonchev–Trinajstić information content (AvgIpc) is 3.56. The first-order valence-electron chi connectivity index (χ1n) is 18.2. The number of aromatic nitrogens is 2. The highest BCUT2D eigenvalue weighted by Gasteiger charge is 2.20. The molecule has 0 saturated heterocycles. The molecule has 2 heterocycles. The lowest BCUT2D eigenvalue weighted by Crippen LogP contribution is -1.93. The van der Waals surface area contributed by atoms with Crippen LogP contribution in [0.1, 0.15) is 0 Å². The Kier molecular flexibility index (Phi) is 6.59. The van der Waals surface area contributed by atoms with E-state index in [0.717, 1.165) is 16.6 Å². The number of para-hydroxylation sites is 1. The second-order valence-electron chi connectivity index (χ2n) is 13.9. The quantitative estimate of drug-likeness (QED) is 0.170. The van der Waals surface area contributed by atoms with Gasteiger partial charge in [0.2, 0.25) is 0 Å². The molecule has 11 aromatic rings. The topological polar surface area (TPSA) is 17.8 Å². The zero-order valence-corrected chi connectivity index (χ0v) is 28.9. The van der Waals surface area contributed by atoms with Crippen LogP contribution in [0, 0.1) is 0 Å². The van der Waals surface area contributed by atoms with Crippen molar-refractivity contribution in [1.29, 1.82) is 0 Å². The van der Waals surface area contributed by atoms with Gasteiger partial charge in [-0.25, -0.2) is 0 Å². The van der Waals surface area contributed by atoms with Crippen molar-refractivity contribution in [2.45, 2.75) is 0 Å². The van der Waals surface area contributed by atoms with Crippen LogP contribution in [0.25, 0.3) is 104 Å². The van der Waals surface area contributed by atoms with E-state index in [4.69, 9.17) is 0 Å². The predicted molar refractivity (Wildman–Crippen MR) is 225 cm³/mol. The summed E-state index contributed by atoms with van der Waals surface area (Å²) in [6, 6.07) is 66.5. The van der Waals surface area contributed by atoms with E-state index < -0.39 is 0 Å². The van der Waals surface area contributed by atoms with E-state index in [1.807, 2.05) is 12.4 Å². The van der Waals surface area contributed by atoms with Gasteiger partial charge in [-0.05, 0) is 107 Å². The molecule has 0 N–H and O–H groups in total. The van der Waals surface area contributed by atoms with Crippen molar-refractivity contribution in [3.8, 4) is 39.1 Å². The minimum absolute atomic E-state index is 1.15. The molecule has 0 aliphatic rings. The Morgan fingerprint density at radius 2 is 0.868 bits per heavy atom. The van der Waals surface area contributed by atoms with E-state index in [0.29, 0.717) is 0 Å². The molecule has 2 nitrogen and oxygen atoms in total. The van der Waals surface area contributed by atoms with Gasteiger partial charge in [-0.1, -0.05) is 152 Å². The lowest BCUT2D eigenvalue weighted by Gasteiger charge is -2.20. The van der Waals surface area contributed by atoms with Crippen molar-refractivity contribution >= 4 is 64.9 Å². The van der Waals surface area contributed by atoms with Gasteiger partial charge in [-0.15, -0.1) is 0 Å². The molecule has 2 aromatic heterocycles. The Hall–Kier alpha value is -7.03. The Morgan fingerprint density at radius 1 is 0.340 bits per heavy atom. The summed E-state index contributed by atoms with van der Waals surface area (Å²) < 4.78 is 2.34. The largest absolute Gasteiger partial charge is 0.309 e. The number of benzene rings is 9. The second kappa shape index (κ2) is 11.8. The summed E-state index contributed by atoms with van der Waals surface area (Å²) in [6.07, 6.45) is 3.88. The maximum atomic E-state index is 4.54. The number of rotatable bonds is 4. The van der Waals surface area contributed by atoms with Crippen LogP contribution < -0.4 is 0 Å². The molecule has 0 bridgehead atoms. The second-order valence-corrected chi connectivity index (χ2v) is 13.9. The smallest absolute Gasteiger partial charge is 0.0571 e. The normalized spacial score (nSPS) is 11.8. The lowest BCUT2D eigenvalue weighted by molar-refractivity contribution is 1.17. The van der Waals surface area contributed by atoms with Crippen LogP contribution in [-0.2, 0) is 0 Å². The zero-order valence-electron chi connectivity index (χ0n) is 28.9. The van der Waals surface area contributed by atoms with Crippen molar-refractivity contribution in [2.75, 3.05) is 0 Å². The molecular formula is C51H32N2. The van der Waals surface area contributed by atoms with Crippen LogP contribution in [0.2, 0.25) is 0 Å². The first-order chi connectivity index (χ1) is 26.3. The van der Waals surface area contributed by atoms with Crippen molar-refractivity contribution in [3.63, 3.8) is 0 Å². The summed E-state index contributed by atoms with van der Waals surface area (Å²) in [5, 5.41) is 12.4. The molecule has 0 atom stereocenters. The maximum Gasteiger partial charge on any atom is 0.0571 e. The standard InChI is InChI=1S/C51H32N2/c1-2-15-35(16-3-1)53-48-28-25-34(31-46(48)47-32-52-30-29-49(47)53)37-26-27-45(39-19-7-6-18-38(37)39)51-43-22-10-8-20-41(43)50(42-21-9-11-23-44(42)51)40-24-12-14-33-13-4-5-17-36(33)40/h1-32H. The van der Waals surface area contributed by atoms with Gasteiger partial charge in [0.1, 0.15) is 0 Å². The number of hydrogen-bond donors (Lipinski definition) is 0. The molecular weight excluding hydrogens is 641 g/mol. The molecule has 2 heteroatoms. The summed E-state index contributed by atoms with van der Waals surface area (Å²) in [7, 11) is 0. The van der Waals surface area contributed by atoms with E-state index in [9.17, 15) is 0 Å². The molecule has 0 aliphatic carbocycles. The van der Waals surface area contributed by atoms with Gasteiger partial charge in [0.05, 0.1) is 11.0 Å². The Balaban J connectivity index is 1.16. The highest BCUT2D eigenvalue weighted by Crippen LogP contribution is 2.47. The van der Waals surface area contributed by atoms with Gasteiger partial charge in [0.25, 0.3) is 0 Å². The summed E-state index contributed by atoms with van der Waals surface area (Å²) in [4.78, 5) is 4.54. The van der Waals surface area contributed by atoms with Crippen molar-refractivity contribution in [3.05, 3.63) is 194 Å². The molecule has 53 heavy (non-hydrogen) atoms. The Labute approximate surface area is 306 Å². The highest BCUT2D eigenvalue weighted by molar-refractivity contribution is 6.26. The van der Waals surface area contributed by atoms with E-state index in [-0.39, 0.29) is 0 Å². The van der Waals surface area contributed by atoms with Crippen molar-refractivity contribution in [1.82, 2.24) is 9.55 Å². The number of fused-ring (bicyclic) bond motifs is 7. The number of hydrogen-bond acceptors (Lipinski definition) is 1. The SMILES string of the molecule is c1ccc(-n2c3ccncc3c3cc(-c4ccc(-c5c6ccccc6c(-c6cccc7ccccc67)c6ccccc56)c5ccccc45)ccc32)cc1. The zero-order chi connectivity index (χ0) is 34.9. The number of pyridine rings is 1. The molecule has 0 saturated carbocycles. The predicted octanol–water partition coefficient (Wildman–Crippen LogP) is 13.8. The first kappa shape index (κ1) is 29.7. The lowest BCUT2D eigenvalue weighted by atomic mass is 9.83. The van der Waals surface area contributed by atoms with E-state index in [1.165, 1.54) is 87.4 Å².